The van der Waals surface area contributed by atoms with Crippen molar-refractivity contribution in [3.05, 3.63) is 53.0 Å². The first-order valence-electron chi connectivity index (χ1n) is 7.01. The Balaban J connectivity index is 1.82. The average molecular weight is 322 g/mol. The molecule has 1 aromatic heterocycles. The van der Waals surface area contributed by atoms with E-state index >= 15 is 0 Å². The van der Waals surface area contributed by atoms with E-state index in [0.29, 0.717) is 11.5 Å². The molecule has 0 atom stereocenters. The Hall–Kier alpha value is -2.84. The van der Waals surface area contributed by atoms with Crippen molar-refractivity contribution in [2.45, 2.75) is 0 Å². The van der Waals surface area contributed by atoms with Crippen LogP contribution >= 0.6 is 11.3 Å². The van der Waals surface area contributed by atoms with E-state index < -0.39 is 0 Å². The summed E-state index contributed by atoms with van der Waals surface area (Å²) in [5.41, 5.74) is 1.99. The molecule has 4 nitrogen and oxygen atoms in total. The smallest absolute Gasteiger partial charge is 0.174 e. The second kappa shape index (κ2) is 6.95. The van der Waals surface area contributed by atoms with Crippen molar-refractivity contribution in [2.24, 2.45) is 0 Å². The van der Waals surface area contributed by atoms with Crippen LogP contribution in [-0.4, -0.2) is 18.7 Å². The van der Waals surface area contributed by atoms with E-state index in [1.165, 1.54) is 4.70 Å². The summed E-state index contributed by atoms with van der Waals surface area (Å²) in [7, 11) is 1.58. The minimum atomic E-state index is -0.00273. The zero-order chi connectivity index (χ0) is 16.1. The molecular formula is C18H14N2O2S. The van der Waals surface area contributed by atoms with E-state index in [9.17, 15) is 0 Å². The van der Waals surface area contributed by atoms with Crippen LogP contribution < -0.4 is 9.47 Å². The minimum absolute atomic E-state index is 0.00273. The van der Waals surface area contributed by atoms with Crippen LogP contribution in [-0.2, 0) is 0 Å². The minimum Gasteiger partial charge on any atom is -0.493 e. The Morgan fingerprint density at radius 3 is 2.83 bits per heavy atom. The number of thiazole rings is 1. The van der Waals surface area contributed by atoms with Gasteiger partial charge in [-0.2, -0.15) is 5.26 Å². The zero-order valence-corrected chi connectivity index (χ0v) is 13.3. The lowest BCUT2D eigenvalue weighted by atomic mass is 10.2. The Morgan fingerprint density at radius 1 is 1.17 bits per heavy atom. The number of hydrogen-bond acceptors (Lipinski definition) is 5. The topological polar surface area (TPSA) is 55.1 Å². The molecule has 0 N–H and O–H groups in total. The summed E-state index contributed by atoms with van der Waals surface area (Å²) in [6.07, 6.45) is 3.96. The van der Waals surface area contributed by atoms with Crippen molar-refractivity contribution >= 4 is 33.7 Å². The molecule has 0 amide bonds. The van der Waals surface area contributed by atoms with E-state index in [0.717, 1.165) is 16.1 Å². The molecule has 0 fully saturated rings. The summed E-state index contributed by atoms with van der Waals surface area (Å²) in [5.74, 6) is 1.16. The van der Waals surface area contributed by atoms with Gasteiger partial charge in [-0.3, -0.25) is 0 Å². The molecule has 1 heterocycles. The Morgan fingerprint density at radius 2 is 2.04 bits per heavy atom. The van der Waals surface area contributed by atoms with E-state index in [4.69, 9.17) is 14.7 Å². The van der Waals surface area contributed by atoms with Crippen molar-refractivity contribution in [2.75, 3.05) is 13.7 Å². The van der Waals surface area contributed by atoms with Gasteiger partial charge in [0.1, 0.15) is 11.1 Å². The first-order valence-corrected chi connectivity index (χ1v) is 7.83. The molecule has 0 bridgehead atoms. The third-order valence-corrected chi connectivity index (χ3v) is 4.21. The van der Waals surface area contributed by atoms with Crippen molar-refractivity contribution in [1.29, 1.82) is 5.26 Å². The Labute approximate surface area is 138 Å². The summed E-state index contributed by atoms with van der Waals surface area (Å²) in [6, 6.07) is 15.6. The van der Waals surface area contributed by atoms with Crippen LogP contribution in [0.25, 0.3) is 22.4 Å². The molecule has 0 aliphatic carbocycles. The fourth-order valence-electron chi connectivity index (χ4n) is 2.15. The fraction of sp³-hybridized carbons (Fsp3) is 0.111. The lowest BCUT2D eigenvalue weighted by Crippen LogP contribution is -1.96. The van der Waals surface area contributed by atoms with Gasteiger partial charge in [0.15, 0.2) is 18.1 Å². The highest BCUT2D eigenvalue weighted by molar-refractivity contribution is 7.19. The molecule has 0 unspecified atom stereocenters. The van der Waals surface area contributed by atoms with Crippen LogP contribution in [0.5, 0.6) is 11.5 Å². The molecular weight excluding hydrogens is 308 g/mol. The van der Waals surface area contributed by atoms with Gasteiger partial charge in [0.25, 0.3) is 0 Å². The number of aromatic nitrogens is 1. The molecule has 0 aliphatic heterocycles. The average Bonchev–Trinajstić information content (AvgIpc) is 3.01. The van der Waals surface area contributed by atoms with E-state index in [1.807, 2.05) is 48.6 Å². The normalized spacial score (nSPS) is 10.8. The number of ether oxygens (including phenoxy) is 2. The summed E-state index contributed by atoms with van der Waals surface area (Å²) >= 11 is 1.65. The van der Waals surface area contributed by atoms with Gasteiger partial charge in [0.2, 0.25) is 0 Å². The Bertz CT molecular complexity index is 860. The maximum absolute atomic E-state index is 8.58. The van der Waals surface area contributed by atoms with Crippen LogP contribution in [0.4, 0.5) is 0 Å². The third-order valence-electron chi connectivity index (χ3n) is 3.21. The van der Waals surface area contributed by atoms with Crippen LogP contribution in [0.15, 0.2) is 42.5 Å². The highest BCUT2D eigenvalue weighted by atomic mass is 32.1. The largest absolute Gasteiger partial charge is 0.493 e. The van der Waals surface area contributed by atoms with E-state index in [-0.39, 0.29) is 6.61 Å². The van der Waals surface area contributed by atoms with Gasteiger partial charge in [-0.05, 0) is 35.9 Å². The SMILES string of the molecule is COc1cc(C=Cc2nc3ccccc3s2)ccc1OCC#N. The van der Waals surface area contributed by atoms with Gasteiger partial charge in [-0.1, -0.05) is 24.3 Å². The number of hydrogen-bond donors (Lipinski definition) is 0. The molecule has 0 radical (unpaired) electrons. The van der Waals surface area contributed by atoms with Gasteiger partial charge in [0.05, 0.1) is 17.3 Å². The number of methoxy groups -OCH3 is 1. The van der Waals surface area contributed by atoms with Gasteiger partial charge >= 0.3 is 0 Å². The molecule has 3 aromatic rings. The number of nitrogens with zero attached hydrogens (tertiary/aromatic N) is 2. The van der Waals surface area contributed by atoms with Crippen molar-refractivity contribution in [3.63, 3.8) is 0 Å². The summed E-state index contributed by atoms with van der Waals surface area (Å²) in [5, 5.41) is 9.54. The quantitative estimate of drug-likeness (QED) is 0.699. The highest BCUT2D eigenvalue weighted by Gasteiger charge is 2.05. The van der Waals surface area contributed by atoms with Crippen LogP contribution in [0.3, 0.4) is 0 Å². The summed E-state index contributed by atoms with van der Waals surface area (Å²) < 4.78 is 11.8. The molecule has 2 aromatic carbocycles. The first kappa shape index (κ1) is 15.1. The van der Waals surface area contributed by atoms with Crippen LogP contribution in [0.2, 0.25) is 0 Å². The van der Waals surface area contributed by atoms with Crippen LogP contribution in [0, 0.1) is 11.3 Å². The van der Waals surface area contributed by atoms with E-state index in [1.54, 1.807) is 24.5 Å². The predicted octanol–water partition coefficient (Wildman–Crippen LogP) is 4.38. The maximum atomic E-state index is 8.58. The standard InChI is InChI=1S/C18H14N2O2S/c1-21-16-12-13(6-8-15(16)22-11-10-19)7-9-18-20-14-4-2-3-5-17(14)23-18/h2-9,12H,11H2,1H3. The molecule has 3 rings (SSSR count). The second-order valence-electron chi connectivity index (χ2n) is 4.71. The maximum Gasteiger partial charge on any atom is 0.174 e. The van der Waals surface area contributed by atoms with E-state index in [2.05, 4.69) is 11.1 Å². The molecule has 0 spiro atoms. The molecule has 0 saturated carbocycles. The fourth-order valence-corrected chi connectivity index (χ4v) is 3.02. The predicted molar refractivity (Wildman–Crippen MR) is 92.7 cm³/mol. The molecule has 0 saturated heterocycles. The number of fused-ring (bicyclic) bond motifs is 1. The summed E-state index contributed by atoms with van der Waals surface area (Å²) in [4.78, 5) is 4.57. The van der Waals surface area contributed by atoms with Crippen molar-refractivity contribution < 1.29 is 9.47 Å². The number of nitriles is 1. The second-order valence-corrected chi connectivity index (χ2v) is 5.77. The third kappa shape index (κ3) is 3.50. The number of para-hydroxylation sites is 1. The van der Waals surface area contributed by atoms with Crippen LogP contribution in [0.1, 0.15) is 10.6 Å². The van der Waals surface area contributed by atoms with Crippen molar-refractivity contribution in [1.82, 2.24) is 4.98 Å². The number of benzene rings is 2. The molecule has 114 valence electrons. The van der Waals surface area contributed by atoms with Gasteiger partial charge in [0, 0.05) is 0 Å². The molecule has 5 heteroatoms. The zero-order valence-electron chi connectivity index (χ0n) is 12.5. The lowest BCUT2D eigenvalue weighted by molar-refractivity contribution is 0.329. The highest BCUT2D eigenvalue weighted by Crippen LogP contribution is 2.29. The number of rotatable bonds is 5. The molecule has 23 heavy (non-hydrogen) atoms. The van der Waals surface area contributed by atoms with Crippen molar-refractivity contribution in [3.8, 4) is 17.6 Å². The van der Waals surface area contributed by atoms with Gasteiger partial charge in [-0.15, -0.1) is 11.3 Å². The molecule has 0 aliphatic rings. The summed E-state index contributed by atoms with van der Waals surface area (Å²) in [6.45, 7) is -0.00273. The Kier molecular flexibility index (Phi) is 4.55. The van der Waals surface area contributed by atoms with Gasteiger partial charge in [-0.25, -0.2) is 4.98 Å². The lowest BCUT2D eigenvalue weighted by Gasteiger charge is -2.08. The van der Waals surface area contributed by atoms with Gasteiger partial charge < -0.3 is 9.47 Å². The monoisotopic (exact) mass is 322 g/mol. The first-order chi connectivity index (χ1) is 11.3.